The van der Waals surface area contributed by atoms with Crippen LogP contribution in [0.3, 0.4) is 0 Å². The first kappa shape index (κ1) is 18.2. The second-order valence-electron chi connectivity index (χ2n) is 5.57. The van der Waals surface area contributed by atoms with E-state index in [1.807, 2.05) is 24.3 Å². The van der Waals surface area contributed by atoms with Crippen molar-refractivity contribution in [2.24, 2.45) is 0 Å². The molecule has 0 aliphatic heterocycles. The molecule has 0 fully saturated rings. The molecular formula is C19H21N3O3. The predicted molar refractivity (Wildman–Crippen MR) is 96.1 cm³/mol. The van der Waals surface area contributed by atoms with Crippen molar-refractivity contribution >= 4 is 18.1 Å². The Morgan fingerprint density at radius 2 is 2.08 bits per heavy atom. The Labute approximate surface area is 147 Å². The van der Waals surface area contributed by atoms with Crippen LogP contribution in [0.1, 0.15) is 11.1 Å². The van der Waals surface area contributed by atoms with Gasteiger partial charge in [0.25, 0.3) is 0 Å². The van der Waals surface area contributed by atoms with E-state index in [2.05, 4.69) is 10.3 Å². The summed E-state index contributed by atoms with van der Waals surface area (Å²) in [5.74, 6) is 0.318. The first-order valence-electron chi connectivity index (χ1n) is 7.88. The lowest BCUT2D eigenvalue weighted by atomic mass is 10.1. The summed E-state index contributed by atoms with van der Waals surface area (Å²) >= 11 is 0. The maximum absolute atomic E-state index is 11.8. The van der Waals surface area contributed by atoms with E-state index < -0.39 is 6.09 Å². The number of nitrogens with one attached hydrogen (secondary N) is 1. The van der Waals surface area contributed by atoms with Crippen LogP contribution in [0.4, 0.5) is 4.79 Å². The van der Waals surface area contributed by atoms with Gasteiger partial charge in [0.05, 0.1) is 0 Å². The van der Waals surface area contributed by atoms with Gasteiger partial charge in [0.2, 0.25) is 5.91 Å². The minimum Gasteiger partial charge on any atom is -0.410 e. The molecule has 0 saturated carbocycles. The number of amides is 2. The van der Waals surface area contributed by atoms with Crippen molar-refractivity contribution in [1.29, 1.82) is 0 Å². The minimum atomic E-state index is -0.425. The van der Waals surface area contributed by atoms with Crippen LogP contribution >= 0.6 is 0 Å². The fourth-order valence-electron chi connectivity index (χ4n) is 1.99. The molecule has 0 bridgehead atoms. The van der Waals surface area contributed by atoms with Crippen molar-refractivity contribution in [1.82, 2.24) is 15.2 Å². The van der Waals surface area contributed by atoms with Gasteiger partial charge in [0.1, 0.15) is 5.75 Å². The van der Waals surface area contributed by atoms with Gasteiger partial charge in [0.15, 0.2) is 0 Å². The maximum atomic E-state index is 11.8. The van der Waals surface area contributed by atoms with E-state index in [0.717, 1.165) is 11.1 Å². The van der Waals surface area contributed by atoms with E-state index in [9.17, 15) is 9.59 Å². The van der Waals surface area contributed by atoms with Crippen LogP contribution < -0.4 is 10.1 Å². The Morgan fingerprint density at radius 1 is 1.24 bits per heavy atom. The molecule has 1 N–H and O–H groups in total. The smallest absolute Gasteiger partial charge is 0.410 e. The Hall–Kier alpha value is -3.15. The van der Waals surface area contributed by atoms with Gasteiger partial charge in [-0.2, -0.15) is 0 Å². The van der Waals surface area contributed by atoms with Crippen molar-refractivity contribution in [3.63, 3.8) is 0 Å². The van der Waals surface area contributed by atoms with Crippen LogP contribution in [0.5, 0.6) is 5.75 Å². The summed E-state index contributed by atoms with van der Waals surface area (Å²) in [5, 5.41) is 2.82. The van der Waals surface area contributed by atoms with Crippen molar-refractivity contribution in [2.45, 2.75) is 6.42 Å². The quantitative estimate of drug-likeness (QED) is 0.821. The zero-order valence-corrected chi connectivity index (χ0v) is 14.3. The maximum Gasteiger partial charge on any atom is 0.414 e. The minimum absolute atomic E-state index is 0.168. The van der Waals surface area contributed by atoms with Gasteiger partial charge >= 0.3 is 6.09 Å². The molecule has 0 spiro atoms. The Kier molecular flexibility index (Phi) is 6.71. The van der Waals surface area contributed by atoms with Crippen LogP contribution in [0.2, 0.25) is 0 Å². The average molecular weight is 339 g/mol. The summed E-state index contributed by atoms with van der Waals surface area (Å²) in [6, 6.07) is 10.9. The molecule has 1 aromatic carbocycles. The highest BCUT2D eigenvalue weighted by Gasteiger charge is 2.07. The van der Waals surface area contributed by atoms with E-state index >= 15 is 0 Å². The lowest BCUT2D eigenvalue weighted by Crippen LogP contribution is -2.25. The van der Waals surface area contributed by atoms with Gasteiger partial charge in [-0.25, -0.2) is 4.79 Å². The largest absolute Gasteiger partial charge is 0.414 e. The second-order valence-corrected chi connectivity index (χ2v) is 5.57. The molecule has 0 radical (unpaired) electrons. The molecule has 130 valence electrons. The van der Waals surface area contributed by atoms with Crippen LogP contribution in [-0.4, -0.2) is 42.5 Å². The third-order valence-corrected chi connectivity index (χ3v) is 3.29. The highest BCUT2D eigenvalue weighted by molar-refractivity contribution is 5.91. The van der Waals surface area contributed by atoms with Crippen molar-refractivity contribution in [3.05, 3.63) is 66.0 Å². The van der Waals surface area contributed by atoms with Gasteiger partial charge in [-0.3, -0.25) is 9.78 Å². The van der Waals surface area contributed by atoms with Crippen LogP contribution in [0.25, 0.3) is 6.08 Å². The first-order chi connectivity index (χ1) is 12.0. The molecule has 1 aromatic heterocycles. The monoisotopic (exact) mass is 339 g/mol. The number of aromatic nitrogens is 1. The summed E-state index contributed by atoms with van der Waals surface area (Å²) in [4.78, 5) is 28.7. The van der Waals surface area contributed by atoms with Crippen molar-refractivity contribution < 1.29 is 14.3 Å². The number of ether oxygens (including phenoxy) is 1. The summed E-state index contributed by atoms with van der Waals surface area (Å²) in [6.07, 6.45) is 6.77. The zero-order valence-electron chi connectivity index (χ0n) is 14.3. The van der Waals surface area contributed by atoms with E-state index in [1.54, 1.807) is 44.7 Å². The fourth-order valence-corrected chi connectivity index (χ4v) is 1.99. The number of pyridine rings is 1. The summed E-state index contributed by atoms with van der Waals surface area (Å²) in [5.41, 5.74) is 1.84. The Balaban J connectivity index is 1.80. The summed E-state index contributed by atoms with van der Waals surface area (Å²) < 4.78 is 5.21. The lowest BCUT2D eigenvalue weighted by Gasteiger charge is -2.11. The molecule has 0 aliphatic rings. The van der Waals surface area contributed by atoms with Gasteiger partial charge in [0, 0.05) is 39.1 Å². The number of hydrogen-bond donors (Lipinski definition) is 1. The summed E-state index contributed by atoms with van der Waals surface area (Å²) in [7, 11) is 3.25. The average Bonchev–Trinajstić information content (AvgIpc) is 2.61. The molecule has 0 atom stereocenters. The standard InChI is InChI=1S/C19H21N3O3/c1-22(2)19(24)25-17-7-3-5-15(13-17)10-12-21-18(23)9-8-16-6-4-11-20-14-16/h3-9,11,13-14H,10,12H2,1-2H3,(H,21,23)/b9-8+. The molecule has 6 nitrogen and oxygen atoms in total. The van der Waals surface area contributed by atoms with E-state index in [0.29, 0.717) is 18.7 Å². The molecule has 0 unspecified atom stereocenters. The van der Waals surface area contributed by atoms with Crippen molar-refractivity contribution in [3.8, 4) is 5.75 Å². The van der Waals surface area contributed by atoms with E-state index in [4.69, 9.17) is 4.74 Å². The van der Waals surface area contributed by atoms with Gasteiger partial charge < -0.3 is 15.0 Å². The predicted octanol–water partition coefficient (Wildman–Crippen LogP) is 2.51. The molecule has 25 heavy (non-hydrogen) atoms. The molecule has 6 heteroatoms. The second kappa shape index (κ2) is 9.22. The number of rotatable bonds is 6. The zero-order chi connectivity index (χ0) is 18.1. The van der Waals surface area contributed by atoms with Gasteiger partial charge in [-0.1, -0.05) is 18.2 Å². The van der Waals surface area contributed by atoms with E-state index in [1.165, 1.54) is 11.0 Å². The Bertz CT molecular complexity index is 743. The number of hydrogen-bond acceptors (Lipinski definition) is 4. The number of benzene rings is 1. The molecule has 2 amide bonds. The third-order valence-electron chi connectivity index (χ3n) is 3.29. The van der Waals surface area contributed by atoms with Gasteiger partial charge in [-0.05, 0) is 41.8 Å². The number of carbonyl (C=O) groups excluding carboxylic acids is 2. The summed E-state index contributed by atoms with van der Waals surface area (Å²) in [6.45, 7) is 0.487. The normalized spacial score (nSPS) is 10.5. The molecule has 1 heterocycles. The van der Waals surface area contributed by atoms with Crippen molar-refractivity contribution in [2.75, 3.05) is 20.6 Å². The first-order valence-corrected chi connectivity index (χ1v) is 7.88. The number of carbonyl (C=O) groups is 2. The van der Waals surface area contributed by atoms with Crippen LogP contribution in [-0.2, 0) is 11.2 Å². The third kappa shape index (κ3) is 6.47. The highest BCUT2D eigenvalue weighted by atomic mass is 16.6. The van der Waals surface area contributed by atoms with Crippen LogP contribution in [0.15, 0.2) is 54.9 Å². The fraction of sp³-hybridized carbons (Fsp3) is 0.211. The molecule has 0 aliphatic carbocycles. The van der Waals surface area contributed by atoms with Crippen LogP contribution in [0, 0.1) is 0 Å². The molecule has 2 aromatic rings. The molecular weight excluding hydrogens is 318 g/mol. The Morgan fingerprint density at radius 3 is 2.80 bits per heavy atom. The SMILES string of the molecule is CN(C)C(=O)Oc1cccc(CCNC(=O)/C=C/c2cccnc2)c1. The van der Waals surface area contributed by atoms with Gasteiger partial charge in [-0.15, -0.1) is 0 Å². The molecule has 2 rings (SSSR count). The molecule has 0 saturated heterocycles. The highest BCUT2D eigenvalue weighted by Crippen LogP contribution is 2.14. The number of nitrogens with zero attached hydrogens (tertiary/aromatic N) is 2. The lowest BCUT2D eigenvalue weighted by molar-refractivity contribution is -0.116. The van der Waals surface area contributed by atoms with E-state index in [-0.39, 0.29) is 5.91 Å². The topological polar surface area (TPSA) is 71.5 Å².